The van der Waals surface area contributed by atoms with Crippen molar-refractivity contribution < 1.29 is 19.6 Å². The zero-order chi connectivity index (χ0) is 26.8. The Morgan fingerprint density at radius 2 is 1.97 bits per heavy atom. The summed E-state index contributed by atoms with van der Waals surface area (Å²) in [6.45, 7) is 2.32. The van der Waals surface area contributed by atoms with Crippen LogP contribution in [0.15, 0.2) is 39.9 Å². The van der Waals surface area contributed by atoms with Crippen LogP contribution in [0.3, 0.4) is 0 Å². The van der Waals surface area contributed by atoms with Crippen LogP contribution in [0.2, 0.25) is 0 Å². The third kappa shape index (κ3) is 8.55. The van der Waals surface area contributed by atoms with Gasteiger partial charge in [0.1, 0.15) is 27.3 Å². The van der Waals surface area contributed by atoms with E-state index in [4.69, 9.17) is 0 Å². The summed E-state index contributed by atoms with van der Waals surface area (Å²) >= 11 is 7.01. The van der Waals surface area contributed by atoms with E-state index < -0.39 is 23.0 Å². The third-order valence-corrected chi connectivity index (χ3v) is 8.14. The van der Waals surface area contributed by atoms with Crippen molar-refractivity contribution in [1.29, 1.82) is 0 Å². The first-order valence-electron chi connectivity index (χ1n) is 11.2. The number of carbonyl (C=O) groups is 2. The summed E-state index contributed by atoms with van der Waals surface area (Å²) < 4.78 is 2.83. The largest absolute Gasteiger partial charge is 0.391 e. The molecule has 4 N–H and O–H groups in total. The Morgan fingerprint density at radius 1 is 1.19 bits per heavy atom. The molecule has 2 heterocycles. The Morgan fingerprint density at radius 3 is 2.70 bits per heavy atom. The minimum atomic E-state index is -1.03. The second-order valence-electron chi connectivity index (χ2n) is 7.67. The predicted octanol–water partition coefficient (Wildman–Crippen LogP) is 3.39. The van der Waals surface area contributed by atoms with Crippen molar-refractivity contribution in [3.8, 4) is 10.7 Å². The maximum absolute atomic E-state index is 12.7. The molecule has 1 aromatic carbocycles. The number of carbonyl (C=O) groups excluding carboxylic acids is 2. The van der Waals surface area contributed by atoms with E-state index >= 15 is 0 Å². The van der Waals surface area contributed by atoms with E-state index in [1.165, 1.54) is 35.7 Å². The molecule has 0 aliphatic carbocycles. The summed E-state index contributed by atoms with van der Waals surface area (Å²) in [4.78, 5) is 44.8. The molecular formula is C22H25BrN6O5S3. The monoisotopic (exact) mass is 628 g/mol. The summed E-state index contributed by atoms with van der Waals surface area (Å²) in [6.07, 6.45) is 0.264. The predicted molar refractivity (Wildman–Crippen MR) is 148 cm³/mol. The van der Waals surface area contributed by atoms with Crippen LogP contribution in [0.5, 0.6) is 0 Å². The van der Waals surface area contributed by atoms with Gasteiger partial charge in [-0.1, -0.05) is 28.1 Å². The number of aromatic nitrogens is 2. The summed E-state index contributed by atoms with van der Waals surface area (Å²) in [5.74, 6) is -0.656. The highest BCUT2D eigenvalue weighted by atomic mass is 79.9. The number of nitro groups is 1. The van der Waals surface area contributed by atoms with Crippen LogP contribution in [0.25, 0.3) is 10.7 Å². The average Bonchev–Trinajstić information content (AvgIpc) is 3.54. The first kappa shape index (κ1) is 29.1. The fourth-order valence-electron chi connectivity index (χ4n) is 2.97. The minimum absolute atomic E-state index is 0.0908. The van der Waals surface area contributed by atoms with Crippen LogP contribution < -0.4 is 15.4 Å². The van der Waals surface area contributed by atoms with E-state index in [0.717, 1.165) is 28.7 Å². The number of benzene rings is 1. The van der Waals surface area contributed by atoms with E-state index in [1.807, 2.05) is 5.38 Å². The van der Waals surface area contributed by atoms with Crippen LogP contribution in [0.1, 0.15) is 28.8 Å². The topological polar surface area (TPSA) is 159 Å². The van der Waals surface area contributed by atoms with Gasteiger partial charge in [-0.3, -0.25) is 19.7 Å². The standard InChI is InChI=1S/C22H25BrN6O5S3/c1-13(30)19(28-37-17-6-3-2-5-16(17)29(33)34)21(32)25-10-7-18-26-15(12-35-18)22-27-14(11-36-22)20(31)24-9-4-8-23/h2-3,5-6,11-13,19,28,30H,4,7-10H2,1H3,(H,24,31)(H,25,32). The maximum Gasteiger partial charge on any atom is 0.284 e. The van der Waals surface area contributed by atoms with E-state index in [1.54, 1.807) is 23.6 Å². The molecule has 37 heavy (non-hydrogen) atoms. The number of hydrogen-bond donors (Lipinski definition) is 4. The Kier molecular flexibility index (Phi) is 11.4. The van der Waals surface area contributed by atoms with Gasteiger partial charge in [0.25, 0.3) is 11.6 Å². The SMILES string of the molecule is CC(O)C(NSc1ccccc1[N+](=O)[O-])C(=O)NCCc1nc(-c2nc(C(=O)NCCCBr)cs2)cs1. The zero-order valence-electron chi connectivity index (χ0n) is 19.7. The summed E-state index contributed by atoms with van der Waals surface area (Å²) in [5.41, 5.74) is 0.930. The number of nitrogens with zero attached hydrogens (tertiary/aromatic N) is 3. The number of halogens is 1. The van der Waals surface area contributed by atoms with Crippen molar-refractivity contribution in [3.63, 3.8) is 0 Å². The van der Waals surface area contributed by atoms with Crippen LogP contribution in [0, 0.1) is 10.1 Å². The zero-order valence-corrected chi connectivity index (χ0v) is 23.7. The molecule has 0 saturated heterocycles. The van der Waals surface area contributed by atoms with Gasteiger partial charge in [-0.2, -0.15) is 0 Å². The molecule has 0 saturated carbocycles. The molecule has 0 spiro atoms. The molecule has 0 radical (unpaired) electrons. The van der Waals surface area contributed by atoms with Gasteiger partial charge in [0, 0.05) is 41.7 Å². The number of rotatable bonds is 14. The summed E-state index contributed by atoms with van der Waals surface area (Å²) in [7, 11) is 0. The number of amides is 2. The summed E-state index contributed by atoms with van der Waals surface area (Å²) in [6, 6.07) is 5.17. The van der Waals surface area contributed by atoms with Crippen molar-refractivity contribution in [3.05, 3.63) is 55.8 Å². The first-order chi connectivity index (χ1) is 17.8. The Labute approximate surface area is 233 Å². The lowest BCUT2D eigenvalue weighted by Crippen LogP contribution is -2.48. The quantitative estimate of drug-likeness (QED) is 0.0689. The number of nitro benzene ring substituents is 1. The molecule has 3 rings (SSSR count). The average molecular weight is 630 g/mol. The van der Waals surface area contributed by atoms with Gasteiger partial charge in [0.05, 0.1) is 16.0 Å². The lowest BCUT2D eigenvalue weighted by molar-refractivity contribution is -0.387. The molecule has 0 fully saturated rings. The van der Waals surface area contributed by atoms with E-state index in [2.05, 4.69) is 41.3 Å². The maximum atomic E-state index is 12.7. The molecule has 2 aromatic heterocycles. The number of thiazole rings is 2. The molecular weight excluding hydrogens is 604 g/mol. The fraction of sp³-hybridized carbons (Fsp3) is 0.364. The number of aliphatic hydroxyl groups is 1. The molecule has 0 bridgehead atoms. The molecule has 2 atom stereocenters. The van der Waals surface area contributed by atoms with E-state index in [-0.39, 0.29) is 18.1 Å². The van der Waals surface area contributed by atoms with Gasteiger partial charge in [0.2, 0.25) is 5.91 Å². The second kappa shape index (κ2) is 14.5. The summed E-state index contributed by atoms with van der Waals surface area (Å²) in [5, 5.41) is 32.6. The second-order valence-corrected chi connectivity index (χ2v) is 11.1. The van der Waals surface area contributed by atoms with Crippen molar-refractivity contribution in [2.24, 2.45) is 0 Å². The molecule has 3 aromatic rings. The normalized spacial score (nSPS) is 12.6. The van der Waals surface area contributed by atoms with E-state index in [9.17, 15) is 24.8 Å². The molecule has 0 aliphatic rings. The molecule has 11 nitrogen and oxygen atoms in total. The van der Waals surface area contributed by atoms with Gasteiger partial charge in [-0.05, 0) is 31.4 Å². The van der Waals surface area contributed by atoms with Crippen LogP contribution in [0.4, 0.5) is 5.69 Å². The lowest BCUT2D eigenvalue weighted by Gasteiger charge is -2.20. The van der Waals surface area contributed by atoms with E-state index in [0.29, 0.717) is 34.3 Å². The number of para-hydroxylation sites is 1. The van der Waals surface area contributed by atoms with Crippen molar-refractivity contribution >= 4 is 68.1 Å². The van der Waals surface area contributed by atoms with Crippen molar-refractivity contribution in [2.45, 2.75) is 36.8 Å². The highest BCUT2D eigenvalue weighted by Gasteiger charge is 2.25. The van der Waals surface area contributed by atoms with Gasteiger partial charge in [0.15, 0.2) is 0 Å². The van der Waals surface area contributed by atoms with Crippen LogP contribution in [-0.2, 0) is 11.2 Å². The number of nitrogens with one attached hydrogen (secondary N) is 3. The fourth-order valence-corrected chi connectivity index (χ4v) is 5.82. The Balaban J connectivity index is 1.51. The van der Waals surface area contributed by atoms with Gasteiger partial charge >= 0.3 is 0 Å². The molecule has 2 amide bonds. The smallest absolute Gasteiger partial charge is 0.284 e. The molecule has 2 unspecified atom stereocenters. The molecule has 15 heteroatoms. The number of hydrogen-bond acceptors (Lipinski definition) is 11. The molecule has 0 aliphatic heterocycles. The third-order valence-electron chi connectivity index (χ3n) is 4.86. The Bertz CT molecular complexity index is 1220. The van der Waals surface area contributed by atoms with Gasteiger partial charge < -0.3 is 15.7 Å². The van der Waals surface area contributed by atoms with Gasteiger partial charge in [-0.15, -0.1) is 22.7 Å². The minimum Gasteiger partial charge on any atom is -0.391 e. The highest BCUT2D eigenvalue weighted by molar-refractivity contribution is 9.09. The Hall–Kier alpha value is -2.43. The molecule has 198 valence electrons. The highest BCUT2D eigenvalue weighted by Crippen LogP contribution is 2.27. The van der Waals surface area contributed by atoms with Crippen molar-refractivity contribution in [1.82, 2.24) is 25.3 Å². The van der Waals surface area contributed by atoms with Gasteiger partial charge in [-0.25, -0.2) is 14.7 Å². The number of aliphatic hydroxyl groups excluding tert-OH is 1. The van der Waals surface area contributed by atoms with Crippen LogP contribution >= 0.6 is 50.6 Å². The number of alkyl halides is 1. The van der Waals surface area contributed by atoms with Crippen LogP contribution in [-0.4, -0.2) is 62.4 Å². The first-order valence-corrected chi connectivity index (χ1v) is 14.9. The van der Waals surface area contributed by atoms with Crippen molar-refractivity contribution in [2.75, 3.05) is 18.4 Å². The lowest BCUT2D eigenvalue weighted by atomic mass is 10.2.